The Labute approximate surface area is 132 Å². The normalized spacial score (nSPS) is 10.4. The van der Waals surface area contributed by atoms with Crippen LogP contribution in [0.5, 0.6) is 0 Å². The highest BCUT2D eigenvalue weighted by atomic mass is 35.5. The van der Waals surface area contributed by atoms with Gasteiger partial charge >= 0.3 is 0 Å². The number of benzene rings is 1. The van der Waals surface area contributed by atoms with Gasteiger partial charge in [0.25, 0.3) is 11.6 Å². The number of non-ortho nitro benzene ring substituents is 1. The topological polar surface area (TPSA) is 81.5 Å². The third-order valence-corrected chi connectivity index (χ3v) is 3.58. The number of unbranched alkanes of at least 4 members (excludes halogenated alkanes) is 2. The minimum Gasteiger partial charge on any atom is -0.385 e. The predicted molar refractivity (Wildman–Crippen MR) is 81.2 cm³/mol. The van der Waals surface area contributed by atoms with Crippen LogP contribution in [-0.2, 0) is 4.74 Å². The van der Waals surface area contributed by atoms with Crippen molar-refractivity contribution >= 4 is 34.8 Å². The first-order valence-corrected chi connectivity index (χ1v) is 7.13. The zero-order valence-electron chi connectivity index (χ0n) is 11.5. The number of hydrogen-bond donors (Lipinski definition) is 1. The van der Waals surface area contributed by atoms with Gasteiger partial charge in [-0.3, -0.25) is 14.9 Å². The molecule has 1 aromatic carbocycles. The SMILES string of the molecule is COCCCCCNC(=O)c1cc([N+](=O)[O-])cc(Cl)c1Cl. The molecule has 0 fully saturated rings. The van der Waals surface area contributed by atoms with Crippen LogP contribution in [0.1, 0.15) is 29.6 Å². The fourth-order valence-corrected chi connectivity index (χ4v) is 2.10. The van der Waals surface area contributed by atoms with Crippen molar-refractivity contribution < 1.29 is 14.5 Å². The van der Waals surface area contributed by atoms with Gasteiger partial charge in [-0.2, -0.15) is 0 Å². The average Bonchev–Trinajstić information content (AvgIpc) is 2.44. The van der Waals surface area contributed by atoms with Crippen LogP contribution < -0.4 is 5.32 Å². The third kappa shape index (κ3) is 5.49. The zero-order chi connectivity index (χ0) is 15.8. The summed E-state index contributed by atoms with van der Waals surface area (Å²) < 4.78 is 4.92. The maximum absolute atomic E-state index is 12.0. The van der Waals surface area contributed by atoms with Crippen molar-refractivity contribution in [3.8, 4) is 0 Å². The van der Waals surface area contributed by atoms with E-state index in [2.05, 4.69) is 5.32 Å². The van der Waals surface area contributed by atoms with Gasteiger partial charge in [-0.15, -0.1) is 0 Å². The Balaban J connectivity index is 2.63. The van der Waals surface area contributed by atoms with Gasteiger partial charge in [-0.1, -0.05) is 23.2 Å². The molecule has 6 nitrogen and oxygen atoms in total. The summed E-state index contributed by atoms with van der Waals surface area (Å²) in [6, 6.07) is 2.24. The number of carbonyl (C=O) groups excluding carboxylic acids is 1. The van der Waals surface area contributed by atoms with E-state index in [4.69, 9.17) is 27.9 Å². The van der Waals surface area contributed by atoms with Crippen molar-refractivity contribution in [3.63, 3.8) is 0 Å². The number of carbonyl (C=O) groups is 1. The van der Waals surface area contributed by atoms with E-state index >= 15 is 0 Å². The molecule has 1 amide bonds. The highest BCUT2D eigenvalue weighted by molar-refractivity contribution is 6.44. The van der Waals surface area contributed by atoms with E-state index in [1.165, 1.54) is 0 Å². The maximum atomic E-state index is 12.0. The fourth-order valence-electron chi connectivity index (χ4n) is 1.69. The average molecular weight is 335 g/mol. The van der Waals surface area contributed by atoms with E-state index in [9.17, 15) is 14.9 Å². The minimum absolute atomic E-state index is 0.00718. The van der Waals surface area contributed by atoms with Crippen molar-refractivity contribution in [3.05, 3.63) is 37.9 Å². The molecule has 8 heteroatoms. The summed E-state index contributed by atoms with van der Waals surface area (Å²) in [5, 5.41) is 13.4. The number of hydrogen-bond acceptors (Lipinski definition) is 4. The lowest BCUT2D eigenvalue weighted by molar-refractivity contribution is -0.384. The Morgan fingerprint density at radius 2 is 2.05 bits per heavy atom. The van der Waals surface area contributed by atoms with Crippen LogP contribution in [0, 0.1) is 10.1 Å². The molecule has 0 saturated carbocycles. The number of nitro groups is 1. The molecule has 0 spiro atoms. The third-order valence-electron chi connectivity index (χ3n) is 2.78. The molecule has 0 bridgehead atoms. The molecule has 0 heterocycles. The molecule has 0 atom stereocenters. The largest absolute Gasteiger partial charge is 0.385 e. The van der Waals surface area contributed by atoms with E-state index in [1.54, 1.807) is 7.11 Å². The van der Waals surface area contributed by atoms with Gasteiger partial charge in [0.15, 0.2) is 0 Å². The van der Waals surface area contributed by atoms with Gasteiger partial charge in [0.05, 0.1) is 20.5 Å². The van der Waals surface area contributed by atoms with Crippen LogP contribution in [0.25, 0.3) is 0 Å². The number of nitrogens with one attached hydrogen (secondary N) is 1. The number of amides is 1. The Bertz CT molecular complexity index is 523. The molecule has 116 valence electrons. The Morgan fingerprint density at radius 3 is 2.67 bits per heavy atom. The lowest BCUT2D eigenvalue weighted by Crippen LogP contribution is -2.25. The number of methoxy groups -OCH3 is 1. The second kappa shape index (κ2) is 8.81. The summed E-state index contributed by atoms with van der Waals surface area (Å²) in [4.78, 5) is 22.1. The number of ether oxygens (including phenoxy) is 1. The van der Waals surface area contributed by atoms with Gasteiger partial charge in [-0.25, -0.2) is 0 Å². The van der Waals surface area contributed by atoms with Crippen LogP contribution in [0.4, 0.5) is 5.69 Å². The van der Waals surface area contributed by atoms with Crippen molar-refractivity contribution in [1.29, 1.82) is 0 Å². The molecule has 21 heavy (non-hydrogen) atoms. The molecule has 0 aromatic heterocycles. The van der Waals surface area contributed by atoms with Crippen LogP contribution in [0.3, 0.4) is 0 Å². The lowest BCUT2D eigenvalue weighted by Gasteiger charge is -2.08. The first-order valence-electron chi connectivity index (χ1n) is 6.38. The molecular formula is C13H16Cl2N2O4. The fraction of sp³-hybridized carbons (Fsp3) is 0.462. The first-order chi connectivity index (χ1) is 9.97. The molecule has 1 N–H and O–H groups in total. The van der Waals surface area contributed by atoms with Gasteiger partial charge < -0.3 is 10.1 Å². The lowest BCUT2D eigenvalue weighted by atomic mass is 10.1. The summed E-state index contributed by atoms with van der Waals surface area (Å²) in [5.74, 6) is -0.475. The molecule has 0 aliphatic rings. The van der Waals surface area contributed by atoms with Gasteiger partial charge in [-0.05, 0) is 19.3 Å². The molecule has 0 aliphatic carbocycles. The van der Waals surface area contributed by atoms with Crippen LogP contribution in [0.15, 0.2) is 12.1 Å². The number of nitrogens with zero attached hydrogens (tertiary/aromatic N) is 1. The molecular weight excluding hydrogens is 319 g/mol. The molecule has 0 radical (unpaired) electrons. The van der Waals surface area contributed by atoms with Gasteiger partial charge in [0, 0.05) is 32.4 Å². The van der Waals surface area contributed by atoms with Crippen LogP contribution in [-0.4, -0.2) is 31.1 Å². The van der Waals surface area contributed by atoms with E-state index in [-0.39, 0.29) is 21.3 Å². The molecule has 1 aromatic rings. The Kier molecular flexibility index (Phi) is 7.42. The number of nitro benzene ring substituents is 1. The smallest absolute Gasteiger partial charge is 0.271 e. The first kappa shape index (κ1) is 17.7. The zero-order valence-corrected chi connectivity index (χ0v) is 13.0. The van der Waals surface area contributed by atoms with Crippen molar-refractivity contribution in [2.75, 3.05) is 20.3 Å². The summed E-state index contributed by atoms with van der Waals surface area (Å²) in [6.45, 7) is 1.14. The monoisotopic (exact) mass is 334 g/mol. The summed E-state index contributed by atoms with van der Waals surface area (Å²) in [6.07, 6.45) is 2.61. The Morgan fingerprint density at radius 1 is 1.33 bits per heavy atom. The second-order valence-corrected chi connectivity index (χ2v) is 5.14. The highest BCUT2D eigenvalue weighted by Crippen LogP contribution is 2.30. The Hall–Kier alpha value is -1.37. The van der Waals surface area contributed by atoms with E-state index < -0.39 is 10.8 Å². The molecule has 0 saturated heterocycles. The van der Waals surface area contributed by atoms with E-state index in [0.717, 1.165) is 31.4 Å². The van der Waals surface area contributed by atoms with Crippen molar-refractivity contribution in [1.82, 2.24) is 5.32 Å². The molecule has 1 rings (SSSR count). The second-order valence-electron chi connectivity index (χ2n) is 4.36. The standard InChI is InChI=1S/C13H16Cl2N2O4/c1-21-6-4-2-3-5-16-13(18)10-7-9(17(19)20)8-11(14)12(10)15/h7-8H,2-6H2,1H3,(H,16,18). The van der Waals surface area contributed by atoms with Crippen molar-refractivity contribution in [2.45, 2.75) is 19.3 Å². The van der Waals surface area contributed by atoms with Crippen molar-refractivity contribution in [2.24, 2.45) is 0 Å². The molecule has 0 aliphatic heterocycles. The minimum atomic E-state index is -0.621. The summed E-state index contributed by atoms with van der Waals surface area (Å²) in [5.41, 5.74) is -0.262. The van der Waals surface area contributed by atoms with Crippen LogP contribution in [0.2, 0.25) is 10.0 Å². The maximum Gasteiger partial charge on any atom is 0.271 e. The van der Waals surface area contributed by atoms with E-state index in [0.29, 0.717) is 13.2 Å². The van der Waals surface area contributed by atoms with E-state index in [1.807, 2.05) is 0 Å². The van der Waals surface area contributed by atoms with Gasteiger partial charge in [0.1, 0.15) is 0 Å². The highest BCUT2D eigenvalue weighted by Gasteiger charge is 2.19. The number of halogens is 2. The number of rotatable bonds is 8. The molecule has 0 unspecified atom stereocenters. The predicted octanol–water partition coefficient (Wildman–Crippen LogP) is 3.45. The quantitative estimate of drug-likeness (QED) is 0.448. The van der Waals surface area contributed by atoms with Crippen LogP contribution >= 0.6 is 23.2 Å². The summed E-state index contributed by atoms with van der Waals surface area (Å²) >= 11 is 11.7. The summed E-state index contributed by atoms with van der Waals surface area (Å²) in [7, 11) is 1.63. The van der Waals surface area contributed by atoms with Gasteiger partial charge in [0.2, 0.25) is 0 Å².